The van der Waals surface area contributed by atoms with Crippen LogP contribution in [0.4, 0.5) is 0 Å². The van der Waals surface area contributed by atoms with Crippen LogP contribution < -0.4 is 16.4 Å². The molecule has 11 nitrogen and oxygen atoms in total. The van der Waals surface area contributed by atoms with Crippen molar-refractivity contribution < 1.29 is 23.9 Å². The summed E-state index contributed by atoms with van der Waals surface area (Å²) in [5.74, 6) is 3.16. The fraction of sp³-hybridized carbons (Fsp3) is 0.800. The molecule has 11 heteroatoms. The Balaban J connectivity index is 1.08. The van der Waals surface area contributed by atoms with E-state index in [4.69, 9.17) is 10.5 Å². The van der Waals surface area contributed by atoms with Gasteiger partial charge in [-0.05, 0) is 97.7 Å². The molecule has 4 N–H and O–H groups in total. The zero-order valence-corrected chi connectivity index (χ0v) is 32.0. The zero-order chi connectivity index (χ0) is 36.9. The first kappa shape index (κ1) is 39.0. The summed E-state index contributed by atoms with van der Waals surface area (Å²) in [6, 6.07) is -0.902. The molecule has 0 saturated heterocycles. The SMILES string of the molecule is CCC(=O)N[C@H](CCC(=O)NCc1cn(CC(=O)O[C@H]2CC[C@@]3(C)C(=CC[C@H]4[C@@H]5CC[C@H]([C@H](C)CCCC(C)C)[C@@]5(C)CC[C@@H]43)C2)nn1)C(N)=O. The van der Waals surface area contributed by atoms with Gasteiger partial charge in [0.1, 0.15) is 24.4 Å². The monoisotopic (exact) mass is 708 g/mol. The van der Waals surface area contributed by atoms with Crippen molar-refractivity contribution in [1.29, 1.82) is 0 Å². The average molecular weight is 709 g/mol. The number of esters is 1. The molecule has 5 rings (SSSR count). The van der Waals surface area contributed by atoms with Crippen molar-refractivity contribution in [1.82, 2.24) is 25.6 Å². The van der Waals surface area contributed by atoms with Crippen LogP contribution in [0.5, 0.6) is 0 Å². The second kappa shape index (κ2) is 16.6. The van der Waals surface area contributed by atoms with E-state index in [1.807, 2.05) is 0 Å². The maximum atomic E-state index is 13.0. The second-order valence-electron chi connectivity index (χ2n) is 17.2. The normalized spacial score (nSPS) is 31.0. The number of primary amides is 1. The summed E-state index contributed by atoms with van der Waals surface area (Å²) in [5, 5.41) is 13.4. The lowest BCUT2D eigenvalue weighted by Crippen LogP contribution is -2.51. The van der Waals surface area contributed by atoms with E-state index in [2.05, 4.69) is 61.6 Å². The Labute approximate surface area is 305 Å². The Hall–Kier alpha value is -3.24. The first-order chi connectivity index (χ1) is 24.2. The average Bonchev–Trinajstić information content (AvgIpc) is 3.68. The molecule has 4 aliphatic rings. The maximum Gasteiger partial charge on any atom is 0.328 e. The van der Waals surface area contributed by atoms with Gasteiger partial charge in [-0.3, -0.25) is 19.2 Å². The highest BCUT2D eigenvalue weighted by Gasteiger charge is 2.59. The van der Waals surface area contributed by atoms with Gasteiger partial charge in [-0.1, -0.05) is 77.7 Å². The van der Waals surface area contributed by atoms with E-state index in [-0.39, 0.29) is 61.7 Å². The highest BCUT2D eigenvalue weighted by molar-refractivity contribution is 5.87. The molecule has 0 bridgehead atoms. The molecule has 3 saturated carbocycles. The number of aromatic nitrogens is 3. The number of nitrogens with zero attached hydrogens (tertiary/aromatic N) is 3. The number of allylic oxidation sites excluding steroid dienone is 1. The van der Waals surface area contributed by atoms with Gasteiger partial charge in [0, 0.05) is 19.3 Å². The summed E-state index contributed by atoms with van der Waals surface area (Å²) in [7, 11) is 0. The number of carbonyl (C=O) groups is 4. The molecule has 0 unspecified atom stereocenters. The molecular weight excluding hydrogens is 644 g/mol. The van der Waals surface area contributed by atoms with E-state index in [0.29, 0.717) is 11.1 Å². The minimum Gasteiger partial charge on any atom is -0.461 e. The number of amides is 3. The fourth-order valence-electron chi connectivity index (χ4n) is 10.7. The van der Waals surface area contributed by atoms with E-state index in [9.17, 15) is 19.2 Å². The largest absolute Gasteiger partial charge is 0.461 e. The number of rotatable bonds is 16. The topological polar surface area (TPSA) is 158 Å². The van der Waals surface area contributed by atoms with Crippen LogP contribution >= 0.6 is 0 Å². The molecular formula is C40H64N6O5. The summed E-state index contributed by atoms with van der Waals surface area (Å²) >= 11 is 0. The first-order valence-electron chi connectivity index (χ1n) is 19.9. The lowest BCUT2D eigenvalue weighted by Gasteiger charge is -2.58. The predicted molar refractivity (Wildman–Crippen MR) is 195 cm³/mol. The number of carbonyl (C=O) groups excluding carboxylic acids is 4. The van der Waals surface area contributed by atoms with Crippen LogP contribution in [0, 0.1) is 46.3 Å². The second-order valence-corrected chi connectivity index (χ2v) is 17.2. The van der Waals surface area contributed by atoms with E-state index < -0.39 is 11.9 Å². The molecule has 0 radical (unpaired) electrons. The minimum absolute atomic E-state index is 0.00865. The van der Waals surface area contributed by atoms with Crippen LogP contribution in [0.2, 0.25) is 0 Å². The van der Waals surface area contributed by atoms with Gasteiger partial charge in [0.2, 0.25) is 17.7 Å². The smallest absolute Gasteiger partial charge is 0.328 e. The Morgan fingerprint density at radius 3 is 2.53 bits per heavy atom. The number of nitrogens with one attached hydrogen (secondary N) is 2. The van der Waals surface area contributed by atoms with E-state index in [1.165, 1.54) is 61.6 Å². The highest BCUT2D eigenvalue weighted by atomic mass is 16.5. The summed E-state index contributed by atoms with van der Waals surface area (Å²) in [5.41, 5.74) is 8.02. The summed E-state index contributed by atoms with van der Waals surface area (Å²) in [6.07, 6.45) is 17.9. The quantitative estimate of drug-likeness (QED) is 0.140. The van der Waals surface area contributed by atoms with E-state index in [1.54, 1.807) is 13.1 Å². The van der Waals surface area contributed by atoms with Gasteiger partial charge in [-0.2, -0.15) is 0 Å². The number of fused-ring (bicyclic) bond motifs is 5. The number of ether oxygens (including phenoxy) is 1. The molecule has 284 valence electrons. The molecule has 3 amide bonds. The van der Waals surface area contributed by atoms with Crippen molar-refractivity contribution in [2.45, 2.75) is 157 Å². The molecule has 1 aromatic rings. The third-order valence-electron chi connectivity index (χ3n) is 13.6. The Morgan fingerprint density at radius 2 is 1.80 bits per heavy atom. The summed E-state index contributed by atoms with van der Waals surface area (Å²) < 4.78 is 7.44. The van der Waals surface area contributed by atoms with Crippen molar-refractivity contribution in [3.63, 3.8) is 0 Å². The van der Waals surface area contributed by atoms with Gasteiger partial charge < -0.3 is 21.1 Å². The Bertz CT molecular complexity index is 1440. The van der Waals surface area contributed by atoms with Crippen LogP contribution in [0.3, 0.4) is 0 Å². The highest BCUT2D eigenvalue weighted by Crippen LogP contribution is 2.67. The maximum absolute atomic E-state index is 13.0. The molecule has 9 atom stereocenters. The molecule has 0 aliphatic heterocycles. The molecule has 0 aromatic carbocycles. The molecule has 1 heterocycles. The molecule has 0 spiro atoms. The van der Waals surface area contributed by atoms with Gasteiger partial charge in [-0.25, -0.2) is 4.68 Å². The lowest BCUT2D eigenvalue weighted by molar-refractivity contribution is -0.152. The van der Waals surface area contributed by atoms with Gasteiger partial charge in [0.25, 0.3) is 0 Å². The number of nitrogens with two attached hydrogens (primary N) is 1. The van der Waals surface area contributed by atoms with Crippen LogP contribution in [0.25, 0.3) is 0 Å². The number of hydrogen-bond donors (Lipinski definition) is 3. The van der Waals surface area contributed by atoms with Gasteiger partial charge >= 0.3 is 5.97 Å². The van der Waals surface area contributed by atoms with Crippen molar-refractivity contribution in [3.05, 3.63) is 23.5 Å². The van der Waals surface area contributed by atoms with Crippen molar-refractivity contribution in [2.24, 2.45) is 52.1 Å². The van der Waals surface area contributed by atoms with Crippen LogP contribution in [-0.2, 0) is 37.0 Å². The zero-order valence-electron chi connectivity index (χ0n) is 32.0. The van der Waals surface area contributed by atoms with E-state index >= 15 is 0 Å². The van der Waals surface area contributed by atoms with Crippen LogP contribution in [0.1, 0.15) is 137 Å². The van der Waals surface area contributed by atoms with Crippen LogP contribution in [0.15, 0.2) is 17.8 Å². The Morgan fingerprint density at radius 1 is 1.02 bits per heavy atom. The third-order valence-corrected chi connectivity index (χ3v) is 13.6. The molecule has 51 heavy (non-hydrogen) atoms. The first-order valence-corrected chi connectivity index (χ1v) is 19.9. The van der Waals surface area contributed by atoms with Crippen molar-refractivity contribution in [3.8, 4) is 0 Å². The van der Waals surface area contributed by atoms with E-state index in [0.717, 1.165) is 54.8 Å². The van der Waals surface area contributed by atoms with Crippen molar-refractivity contribution in [2.75, 3.05) is 0 Å². The lowest BCUT2D eigenvalue weighted by atomic mass is 9.47. The summed E-state index contributed by atoms with van der Waals surface area (Å²) in [4.78, 5) is 48.6. The van der Waals surface area contributed by atoms with Gasteiger partial charge in [0.15, 0.2) is 0 Å². The molecule has 4 aliphatic carbocycles. The van der Waals surface area contributed by atoms with Crippen molar-refractivity contribution >= 4 is 23.7 Å². The fourth-order valence-corrected chi connectivity index (χ4v) is 10.7. The Kier molecular flexibility index (Phi) is 12.7. The number of hydrogen-bond acceptors (Lipinski definition) is 7. The summed E-state index contributed by atoms with van der Waals surface area (Å²) in [6.45, 7) is 14.1. The molecule has 3 fully saturated rings. The van der Waals surface area contributed by atoms with Crippen LogP contribution in [-0.4, -0.2) is 50.8 Å². The third kappa shape index (κ3) is 9.05. The standard InChI is InChI=1S/C40H64N6O5/c1-7-35(47)43-34(38(41)50)15-16-36(48)42-22-28-23-46(45-44-28)24-37(49)51-29-17-19-39(5)27(21-29)11-12-30-32-14-13-31(26(4)10-8-9-25(2)3)40(32,6)20-18-33(30)39/h11,23,25-26,29-34H,7-10,12-22,24H2,1-6H3,(H2,41,50)(H,42,48)(H,43,47)/t26-,29+,30+,31-,32+,33+,34-,39+,40-/m1/s1. The molecule has 1 aromatic heterocycles. The van der Waals surface area contributed by atoms with Gasteiger partial charge in [-0.15, -0.1) is 5.10 Å². The minimum atomic E-state index is -0.902. The predicted octanol–water partition coefficient (Wildman–Crippen LogP) is 6.01. The van der Waals surface area contributed by atoms with Gasteiger partial charge in [0.05, 0.1) is 12.7 Å².